The lowest BCUT2D eigenvalue weighted by atomic mass is 10.0. The summed E-state index contributed by atoms with van der Waals surface area (Å²) in [6, 6.07) is 6.82. The van der Waals surface area contributed by atoms with Gasteiger partial charge in [0.25, 0.3) is 0 Å². The van der Waals surface area contributed by atoms with Crippen LogP contribution in [0.4, 0.5) is 0 Å². The normalized spacial score (nSPS) is 12.9. The van der Waals surface area contributed by atoms with Gasteiger partial charge in [-0.25, -0.2) is 0 Å². The second kappa shape index (κ2) is 5.87. The van der Waals surface area contributed by atoms with Crippen molar-refractivity contribution in [3.8, 4) is 5.75 Å². The molecule has 0 aliphatic rings. The fourth-order valence-electron chi connectivity index (χ4n) is 1.66. The van der Waals surface area contributed by atoms with Gasteiger partial charge < -0.3 is 15.0 Å². The van der Waals surface area contributed by atoms with Gasteiger partial charge in [0.05, 0.1) is 7.11 Å². The van der Waals surface area contributed by atoms with Gasteiger partial charge in [-0.15, -0.1) is 0 Å². The lowest BCUT2D eigenvalue weighted by Crippen LogP contribution is -2.17. The van der Waals surface area contributed by atoms with Crippen LogP contribution in [-0.4, -0.2) is 33.2 Å². The number of rotatable bonds is 5. The molecule has 3 heteroatoms. The molecular weight excluding hydrogens is 200 g/mol. The van der Waals surface area contributed by atoms with E-state index < -0.39 is 0 Å². The molecule has 0 aromatic heterocycles. The van der Waals surface area contributed by atoms with E-state index in [1.54, 1.807) is 7.11 Å². The number of methoxy groups -OCH3 is 1. The predicted molar refractivity (Wildman–Crippen MR) is 67.9 cm³/mol. The van der Waals surface area contributed by atoms with E-state index in [0.717, 1.165) is 12.3 Å². The van der Waals surface area contributed by atoms with E-state index in [-0.39, 0.29) is 0 Å². The molecule has 3 nitrogen and oxygen atoms in total. The quantitative estimate of drug-likeness (QED) is 0.825. The smallest absolute Gasteiger partial charge is 0.123 e. The minimum absolute atomic E-state index is 0.400. The van der Waals surface area contributed by atoms with Crippen molar-refractivity contribution in [2.75, 3.05) is 28.3 Å². The zero-order valence-corrected chi connectivity index (χ0v) is 10.9. The Bertz CT molecular complexity index is 337. The Kier molecular flexibility index (Phi) is 4.77. The first kappa shape index (κ1) is 13.0. The summed E-state index contributed by atoms with van der Waals surface area (Å²) in [5.74, 6) is 0.959. The SMILES string of the molecule is CNCc1ccc(C(C)N(C)C)cc1OC. The predicted octanol–water partition coefficient (Wildman–Crippen LogP) is 2.04. The molecule has 0 saturated carbocycles. The van der Waals surface area contributed by atoms with Gasteiger partial charge in [0.2, 0.25) is 0 Å². The Morgan fingerprint density at radius 2 is 2.06 bits per heavy atom. The van der Waals surface area contributed by atoms with Gasteiger partial charge in [-0.1, -0.05) is 12.1 Å². The number of nitrogens with one attached hydrogen (secondary N) is 1. The van der Waals surface area contributed by atoms with Crippen molar-refractivity contribution in [1.29, 1.82) is 0 Å². The Labute approximate surface area is 98.4 Å². The average molecular weight is 222 g/mol. The summed E-state index contributed by atoms with van der Waals surface area (Å²) >= 11 is 0. The van der Waals surface area contributed by atoms with Gasteiger partial charge >= 0.3 is 0 Å². The van der Waals surface area contributed by atoms with Gasteiger partial charge in [0.1, 0.15) is 5.75 Å². The van der Waals surface area contributed by atoms with Crippen LogP contribution in [0.3, 0.4) is 0 Å². The van der Waals surface area contributed by atoms with Gasteiger partial charge in [-0.3, -0.25) is 0 Å². The van der Waals surface area contributed by atoms with E-state index in [2.05, 4.69) is 49.4 Å². The minimum Gasteiger partial charge on any atom is -0.496 e. The van der Waals surface area contributed by atoms with Crippen LogP contribution in [0.25, 0.3) is 0 Å². The fraction of sp³-hybridized carbons (Fsp3) is 0.538. The molecule has 90 valence electrons. The largest absolute Gasteiger partial charge is 0.496 e. The summed E-state index contributed by atoms with van der Waals surface area (Å²) in [6.07, 6.45) is 0. The standard InChI is InChI=1S/C13H22N2O/c1-10(15(3)4)11-6-7-12(9-14-2)13(8-11)16-5/h6-8,10,14H,9H2,1-5H3. The van der Waals surface area contributed by atoms with Crippen molar-refractivity contribution in [3.05, 3.63) is 29.3 Å². The van der Waals surface area contributed by atoms with Crippen molar-refractivity contribution in [1.82, 2.24) is 10.2 Å². The molecule has 1 unspecified atom stereocenters. The van der Waals surface area contributed by atoms with Crippen molar-refractivity contribution < 1.29 is 4.74 Å². The zero-order valence-electron chi connectivity index (χ0n) is 10.9. The topological polar surface area (TPSA) is 24.5 Å². The summed E-state index contributed by atoms with van der Waals surface area (Å²) in [5, 5.41) is 3.14. The molecule has 0 heterocycles. The van der Waals surface area contributed by atoms with Crippen LogP contribution in [0.1, 0.15) is 24.1 Å². The number of hydrogen-bond donors (Lipinski definition) is 1. The van der Waals surface area contributed by atoms with E-state index in [0.29, 0.717) is 6.04 Å². The van der Waals surface area contributed by atoms with Crippen LogP contribution in [0.2, 0.25) is 0 Å². The summed E-state index contributed by atoms with van der Waals surface area (Å²) in [4.78, 5) is 2.19. The van der Waals surface area contributed by atoms with Gasteiger partial charge in [0.15, 0.2) is 0 Å². The second-order valence-electron chi connectivity index (χ2n) is 4.24. The Hall–Kier alpha value is -1.06. The van der Waals surface area contributed by atoms with Crippen molar-refractivity contribution in [2.24, 2.45) is 0 Å². The maximum absolute atomic E-state index is 5.41. The van der Waals surface area contributed by atoms with E-state index in [4.69, 9.17) is 4.74 Å². The van der Waals surface area contributed by atoms with Gasteiger partial charge in [-0.05, 0) is 39.7 Å². The molecule has 1 aromatic rings. The maximum Gasteiger partial charge on any atom is 0.123 e. The minimum atomic E-state index is 0.400. The van der Waals surface area contributed by atoms with Crippen LogP contribution in [0.5, 0.6) is 5.75 Å². The summed E-state index contributed by atoms with van der Waals surface area (Å²) in [5.41, 5.74) is 2.47. The zero-order chi connectivity index (χ0) is 12.1. The molecule has 0 spiro atoms. The molecule has 0 aliphatic carbocycles. The van der Waals surface area contributed by atoms with Crippen LogP contribution in [0.15, 0.2) is 18.2 Å². The van der Waals surface area contributed by atoms with Crippen LogP contribution in [-0.2, 0) is 6.54 Å². The molecule has 0 amide bonds. The molecule has 0 aliphatic heterocycles. The first-order valence-electron chi connectivity index (χ1n) is 5.58. The van der Waals surface area contributed by atoms with E-state index in [1.807, 2.05) is 7.05 Å². The molecule has 1 aromatic carbocycles. The monoisotopic (exact) mass is 222 g/mol. The molecular formula is C13H22N2O. The van der Waals surface area contributed by atoms with Gasteiger partial charge in [0, 0.05) is 18.2 Å². The van der Waals surface area contributed by atoms with E-state index >= 15 is 0 Å². The maximum atomic E-state index is 5.41. The third-order valence-electron chi connectivity index (χ3n) is 2.94. The van der Waals surface area contributed by atoms with Crippen molar-refractivity contribution in [2.45, 2.75) is 19.5 Å². The molecule has 16 heavy (non-hydrogen) atoms. The number of nitrogens with zero attached hydrogens (tertiary/aromatic N) is 1. The lowest BCUT2D eigenvalue weighted by molar-refractivity contribution is 0.319. The highest BCUT2D eigenvalue weighted by atomic mass is 16.5. The van der Waals surface area contributed by atoms with Crippen LogP contribution in [0, 0.1) is 0 Å². The number of hydrogen-bond acceptors (Lipinski definition) is 3. The molecule has 0 fully saturated rings. The molecule has 1 atom stereocenters. The number of ether oxygens (including phenoxy) is 1. The highest BCUT2D eigenvalue weighted by Gasteiger charge is 2.10. The molecule has 1 N–H and O–H groups in total. The molecule has 0 bridgehead atoms. The molecule has 1 rings (SSSR count). The fourth-order valence-corrected chi connectivity index (χ4v) is 1.66. The average Bonchev–Trinajstić information content (AvgIpc) is 2.29. The molecule has 0 saturated heterocycles. The summed E-state index contributed by atoms with van der Waals surface area (Å²) in [6.45, 7) is 3.02. The highest BCUT2D eigenvalue weighted by Crippen LogP contribution is 2.25. The highest BCUT2D eigenvalue weighted by molar-refractivity contribution is 5.38. The molecule has 0 radical (unpaired) electrons. The van der Waals surface area contributed by atoms with Crippen LogP contribution < -0.4 is 10.1 Å². The lowest BCUT2D eigenvalue weighted by Gasteiger charge is -2.21. The van der Waals surface area contributed by atoms with E-state index in [1.165, 1.54) is 11.1 Å². The first-order valence-corrected chi connectivity index (χ1v) is 5.58. The van der Waals surface area contributed by atoms with Gasteiger partial charge in [-0.2, -0.15) is 0 Å². The second-order valence-corrected chi connectivity index (χ2v) is 4.24. The number of benzene rings is 1. The Morgan fingerprint density at radius 1 is 1.38 bits per heavy atom. The Morgan fingerprint density at radius 3 is 2.56 bits per heavy atom. The Balaban J connectivity index is 2.99. The summed E-state index contributed by atoms with van der Waals surface area (Å²) in [7, 11) is 7.83. The van der Waals surface area contributed by atoms with Crippen molar-refractivity contribution >= 4 is 0 Å². The summed E-state index contributed by atoms with van der Waals surface area (Å²) < 4.78 is 5.41. The van der Waals surface area contributed by atoms with Crippen molar-refractivity contribution in [3.63, 3.8) is 0 Å². The third kappa shape index (κ3) is 2.97. The first-order chi connectivity index (χ1) is 7.60. The third-order valence-corrected chi connectivity index (χ3v) is 2.94. The van der Waals surface area contributed by atoms with Crippen LogP contribution >= 0.6 is 0 Å². The van der Waals surface area contributed by atoms with E-state index in [9.17, 15) is 0 Å².